The van der Waals surface area contributed by atoms with Crippen LogP contribution in [0.1, 0.15) is 16.1 Å². The third-order valence-corrected chi connectivity index (χ3v) is 3.29. The van der Waals surface area contributed by atoms with Crippen LogP contribution in [0.25, 0.3) is 0 Å². The van der Waals surface area contributed by atoms with Gasteiger partial charge in [-0.2, -0.15) is 0 Å². The number of methoxy groups -OCH3 is 1. The molecule has 3 rings (SSSR count). The fraction of sp³-hybridized carbons (Fsp3) is 0.214. The number of rotatable bonds is 3. The molecule has 21 heavy (non-hydrogen) atoms. The molecule has 1 aliphatic heterocycles. The van der Waals surface area contributed by atoms with Crippen molar-refractivity contribution in [1.82, 2.24) is 9.97 Å². The number of hydrogen-bond donors (Lipinski definition) is 0. The molecule has 2 heterocycles. The first kappa shape index (κ1) is 13.6. The summed E-state index contributed by atoms with van der Waals surface area (Å²) in [6.45, 7) is 2.72. The van der Waals surface area contributed by atoms with Crippen LogP contribution >= 0.6 is 0 Å². The molecular formula is C14H13BN2O4. The van der Waals surface area contributed by atoms with E-state index in [0.29, 0.717) is 18.2 Å². The Bertz CT molecular complexity index is 675. The van der Waals surface area contributed by atoms with Crippen molar-refractivity contribution in [3.63, 3.8) is 0 Å². The zero-order chi connectivity index (χ0) is 14.8. The molecule has 6 nitrogen and oxygen atoms in total. The Kier molecular flexibility index (Phi) is 3.58. The normalized spacial score (nSPS) is 13.0. The van der Waals surface area contributed by atoms with Gasteiger partial charge in [-0.05, 0) is 23.2 Å². The number of carbonyl (C=O) groups is 1. The summed E-state index contributed by atoms with van der Waals surface area (Å²) in [5.74, 6) is 0.443. The summed E-state index contributed by atoms with van der Waals surface area (Å²) in [6.07, 6.45) is 2.71. The fourth-order valence-corrected chi connectivity index (χ4v) is 2.17. The Balaban J connectivity index is 1.76. The van der Waals surface area contributed by atoms with E-state index in [1.165, 1.54) is 25.0 Å². The highest BCUT2D eigenvalue weighted by atomic mass is 16.5. The van der Waals surface area contributed by atoms with Crippen LogP contribution in [0.5, 0.6) is 11.6 Å². The third kappa shape index (κ3) is 2.73. The number of hydrogen-bond acceptors (Lipinski definition) is 6. The van der Waals surface area contributed by atoms with E-state index in [-0.39, 0.29) is 12.6 Å². The maximum Gasteiger partial charge on any atom is 0.358 e. The minimum Gasteiger partial charge on any atom is -0.464 e. The molecule has 7 heteroatoms. The van der Waals surface area contributed by atoms with Crippen LogP contribution in [-0.2, 0) is 16.0 Å². The van der Waals surface area contributed by atoms with E-state index in [0.717, 1.165) is 5.56 Å². The summed E-state index contributed by atoms with van der Waals surface area (Å²) < 4.78 is 15.7. The molecule has 0 saturated heterocycles. The first-order chi connectivity index (χ1) is 10.2. The molecule has 0 spiro atoms. The van der Waals surface area contributed by atoms with E-state index >= 15 is 0 Å². The van der Waals surface area contributed by atoms with Gasteiger partial charge < -0.3 is 14.1 Å². The van der Waals surface area contributed by atoms with Gasteiger partial charge in [0.15, 0.2) is 5.69 Å². The van der Waals surface area contributed by atoms with Crippen molar-refractivity contribution >= 4 is 18.3 Å². The van der Waals surface area contributed by atoms with Gasteiger partial charge in [-0.1, -0.05) is 12.9 Å². The Hall–Kier alpha value is -2.41. The summed E-state index contributed by atoms with van der Waals surface area (Å²) in [6, 6.07) is 5.77. The SMILES string of the molecule is COC(=O)c1cnc(Oc2ccc3c(c2)COB3C)cn1. The maximum atomic E-state index is 11.3. The second kappa shape index (κ2) is 5.53. The molecular weight excluding hydrogens is 271 g/mol. The Morgan fingerprint density at radius 2 is 2.19 bits per heavy atom. The number of ether oxygens (including phenoxy) is 2. The first-order valence-corrected chi connectivity index (χ1v) is 6.50. The van der Waals surface area contributed by atoms with Gasteiger partial charge in [0.25, 0.3) is 0 Å². The fourth-order valence-electron chi connectivity index (χ4n) is 2.17. The molecule has 1 aromatic carbocycles. The largest absolute Gasteiger partial charge is 0.464 e. The van der Waals surface area contributed by atoms with Gasteiger partial charge >= 0.3 is 12.9 Å². The van der Waals surface area contributed by atoms with Crippen molar-refractivity contribution in [1.29, 1.82) is 0 Å². The highest BCUT2D eigenvalue weighted by Gasteiger charge is 2.23. The van der Waals surface area contributed by atoms with Crippen molar-refractivity contribution in [2.75, 3.05) is 7.11 Å². The molecule has 0 saturated carbocycles. The molecule has 0 aliphatic carbocycles. The van der Waals surface area contributed by atoms with Crippen LogP contribution in [0.4, 0.5) is 0 Å². The monoisotopic (exact) mass is 284 g/mol. The molecule has 0 fully saturated rings. The summed E-state index contributed by atoms with van der Waals surface area (Å²) >= 11 is 0. The minimum absolute atomic E-state index is 0.119. The van der Waals surface area contributed by atoms with Gasteiger partial charge in [0.1, 0.15) is 5.75 Å². The average Bonchev–Trinajstić information content (AvgIpc) is 2.88. The highest BCUT2D eigenvalue weighted by molar-refractivity contribution is 6.67. The van der Waals surface area contributed by atoms with Gasteiger partial charge in [0, 0.05) is 0 Å². The topological polar surface area (TPSA) is 70.5 Å². The van der Waals surface area contributed by atoms with E-state index in [9.17, 15) is 4.79 Å². The van der Waals surface area contributed by atoms with Gasteiger partial charge in [0.05, 0.1) is 26.1 Å². The molecule has 1 aromatic heterocycles. The van der Waals surface area contributed by atoms with Gasteiger partial charge in [-0.15, -0.1) is 0 Å². The number of nitrogens with zero attached hydrogens (tertiary/aromatic N) is 2. The Morgan fingerprint density at radius 3 is 2.90 bits per heavy atom. The molecule has 0 atom stereocenters. The number of carbonyl (C=O) groups excluding carboxylic acids is 1. The molecule has 0 amide bonds. The number of fused-ring (bicyclic) bond motifs is 1. The van der Waals surface area contributed by atoms with E-state index < -0.39 is 5.97 Å². The van der Waals surface area contributed by atoms with Crippen molar-refractivity contribution < 1.29 is 18.9 Å². The molecule has 0 unspecified atom stereocenters. The Labute approximate surface area is 122 Å². The highest BCUT2D eigenvalue weighted by Crippen LogP contribution is 2.22. The van der Waals surface area contributed by atoms with Crippen LogP contribution in [0.3, 0.4) is 0 Å². The quantitative estimate of drug-likeness (QED) is 0.627. The maximum absolute atomic E-state index is 11.3. The van der Waals surface area contributed by atoms with Gasteiger partial charge in [-0.3, -0.25) is 0 Å². The summed E-state index contributed by atoms with van der Waals surface area (Å²) in [5, 5.41) is 0. The second-order valence-corrected chi connectivity index (χ2v) is 4.65. The van der Waals surface area contributed by atoms with Crippen LogP contribution < -0.4 is 10.2 Å². The van der Waals surface area contributed by atoms with Crippen LogP contribution in [0.2, 0.25) is 6.82 Å². The van der Waals surface area contributed by atoms with E-state index in [2.05, 4.69) is 14.7 Å². The van der Waals surface area contributed by atoms with E-state index in [1.807, 2.05) is 25.0 Å². The van der Waals surface area contributed by atoms with Gasteiger partial charge in [-0.25, -0.2) is 14.8 Å². The first-order valence-electron chi connectivity index (χ1n) is 6.50. The second-order valence-electron chi connectivity index (χ2n) is 4.65. The minimum atomic E-state index is -0.530. The molecule has 0 N–H and O–H groups in total. The smallest absolute Gasteiger partial charge is 0.358 e. The predicted octanol–water partition coefficient (Wildman–Crippen LogP) is 1.41. The van der Waals surface area contributed by atoms with Crippen molar-refractivity contribution in [3.05, 3.63) is 41.9 Å². The van der Waals surface area contributed by atoms with E-state index in [1.54, 1.807) is 0 Å². The zero-order valence-corrected chi connectivity index (χ0v) is 11.7. The lowest BCUT2D eigenvalue weighted by Gasteiger charge is -2.06. The van der Waals surface area contributed by atoms with Crippen molar-refractivity contribution in [3.8, 4) is 11.6 Å². The standard InChI is InChI=1S/C14H13BN2O4/c1-15-11-4-3-10(5-9(11)8-20-15)21-13-7-16-12(6-17-13)14(18)19-2/h3-7H,8H2,1-2H3. The lowest BCUT2D eigenvalue weighted by molar-refractivity contribution is 0.0593. The number of benzene rings is 1. The third-order valence-electron chi connectivity index (χ3n) is 3.29. The molecule has 1 aliphatic rings. The zero-order valence-electron chi connectivity index (χ0n) is 11.7. The summed E-state index contributed by atoms with van der Waals surface area (Å²) in [5.41, 5.74) is 2.43. The van der Waals surface area contributed by atoms with Crippen molar-refractivity contribution in [2.45, 2.75) is 13.4 Å². The van der Waals surface area contributed by atoms with Gasteiger partial charge in [0.2, 0.25) is 5.88 Å². The molecule has 106 valence electrons. The van der Waals surface area contributed by atoms with E-state index in [4.69, 9.17) is 9.39 Å². The lowest BCUT2D eigenvalue weighted by atomic mass is 9.64. The summed E-state index contributed by atoms with van der Waals surface area (Å²) in [4.78, 5) is 19.2. The summed E-state index contributed by atoms with van der Waals surface area (Å²) in [7, 11) is 1.29. The van der Waals surface area contributed by atoms with Crippen LogP contribution in [-0.4, -0.2) is 30.0 Å². The molecule has 0 radical (unpaired) electrons. The number of aromatic nitrogens is 2. The van der Waals surface area contributed by atoms with Crippen molar-refractivity contribution in [2.24, 2.45) is 0 Å². The van der Waals surface area contributed by atoms with Crippen LogP contribution in [0.15, 0.2) is 30.6 Å². The average molecular weight is 284 g/mol. The number of esters is 1. The molecule has 0 bridgehead atoms. The Morgan fingerprint density at radius 1 is 1.33 bits per heavy atom. The predicted molar refractivity (Wildman–Crippen MR) is 75.9 cm³/mol. The molecule has 2 aromatic rings. The lowest BCUT2D eigenvalue weighted by Crippen LogP contribution is -2.23. The van der Waals surface area contributed by atoms with Crippen LogP contribution in [0, 0.1) is 0 Å².